The van der Waals surface area contributed by atoms with Gasteiger partial charge < -0.3 is 10.6 Å². The Balaban J connectivity index is 1.63. The number of hydrogen-bond acceptors (Lipinski definition) is 5. The molecule has 2 amide bonds. The van der Waals surface area contributed by atoms with Crippen LogP contribution in [0.4, 0.5) is 14.3 Å². The minimum absolute atomic E-state index is 0.0128. The Labute approximate surface area is 174 Å². The van der Waals surface area contributed by atoms with Crippen molar-refractivity contribution < 1.29 is 14.0 Å². The number of thiazole rings is 1. The van der Waals surface area contributed by atoms with Crippen LogP contribution >= 0.6 is 11.3 Å². The number of aryl methyl sites for hydroxylation is 2. The number of urea groups is 1. The van der Waals surface area contributed by atoms with Crippen molar-refractivity contribution in [2.45, 2.75) is 45.6 Å². The van der Waals surface area contributed by atoms with Gasteiger partial charge >= 0.3 is 6.03 Å². The molecule has 8 heteroatoms. The molecule has 1 aliphatic rings. The highest BCUT2D eigenvalue weighted by atomic mass is 32.1. The van der Waals surface area contributed by atoms with Gasteiger partial charge in [0, 0.05) is 13.0 Å². The summed E-state index contributed by atoms with van der Waals surface area (Å²) in [4.78, 5) is 29.0. The number of halogens is 1. The van der Waals surface area contributed by atoms with E-state index in [1.807, 2.05) is 0 Å². The average Bonchev–Trinajstić information content (AvgIpc) is 3.07. The van der Waals surface area contributed by atoms with Crippen LogP contribution in [0.25, 0.3) is 0 Å². The van der Waals surface area contributed by atoms with E-state index in [2.05, 4.69) is 20.9 Å². The maximum Gasteiger partial charge on any atom is 0.321 e. The standard InChI is InChI=1S/C21H27FN4O2S/c1-13-19(14(2)27)29-21(24-13)26-20(28)25-18(16-4-3-11-23-12-16)10-7-15-5-8-17(22)9-6-15/h5-6,8-9,16,18,23H,3-4,7,10-12H2,1-2H3,(H2,24,25,26,28). The van der Waals surface area contributed by atoms with Crippen LogP contribution in [0.2, 0.25) is 0 Å². The fourth-order valence-corrected chi connectivity index (χ4v) is 4.56. The number of benzene rings is 1. The van der Waals surface area contributed by atoms with Gasteiger partial charge in [0.05, 0.1) is 10.6 Å². The topological polar surface area (TPSA) is 83.1 Å². The first-order chi connectivity index (χ1) is 13.9. The summed E-state index contributed by atoms with van der Waals surface area (Å²) in [7, 11) is 0. The van der Waals surface area contributed by atoms with Crippen molar-refractivity contribution in [3.05, 3.63) is 46.2 Å². The van der Waals surface area contributed by atoms with Crippen molar-refractivity contribution in [1.82, 2.24) is 15.6 Å². The Morgan fingerprint density at radius 2 is 2.10 bits per heavy atom. The number of amides is 2. The van der Waals surface area contributed by atoms with Crippen LogP contribution < -0.4 is 16.0 Å². The molecular weight excluding hydrogens is 391 g/mol. The predicted octanol–water partition coefficient (Wildman–Crippen LogP) is 3.92. The van der Waals surface area contributed by atoms with Gasteiger partial charge in [0.1, 0.15) is 5.82 Å². The number of carbonyl (C=O) groups is 2. The van der Waals surface area contributed by atoms with E-state index in [4.69, 9.17) is 0 Å². The molecule has 0 spiro atoms. The fourth-order valence-electron chi connectivity index (χ4n) is 3.70. The first-order valence-corrected chi connectivity index (χ1v) is 10.7. The predicted molar refractivity (Wildman–Crippen MR) is 113 cm³/mol. The number of nitrogens with zero attached hydrogens (tertiary/aromatic N) is 1. The average molecular weight is 419 g/mol. The summed E-state index contributed by atoms with van der Waals surface area (Å²) in [6, 6.07) is 6.17. The van der Waals surface area contributed by atoms with Crippen molar-refractivity contribution in [1.29, 1.82) is 0 Å². The molecule has 2 atom stereocenters. The molecule has 3 N–H and O–H groups in total. The SMILES string of the molecule is CC(=O)c1sc(NC(=O)NC(CCc2ccc(F)cc2)C2CCCNC2)nc1C. The van der Waals surface area contributed by atoms with Gasteiger partial charge in [-0.3, -0.25) is 10.1 Å². The van der Waals surface area contributed by atoms with Gasteiger partial charge in [-0.25, -0.2) is 14.2 Å². The third-order valence-corrected chi connectivity index (χ3v) is 6.39. The zero-order valence-corrected chi connectivity index (χ0v) is 17.6. The van der Waals surface area contributed by atoms with E-state index in [-0.39, 0.29) is 23.7 Å². The summed E-state index contributed by atoms with van der Waals surface area (Å²) in [5, 5.41) is 9.68. The molecule has 1 aromatic heterocycles. The summed E-state index contributed by atoms with van der Waals surface area (Å²) in [6.45, 7) is 5.11. The zero-order chi connectivity index (χ0) is 20.8. The van der Waals surface area contributed by atoms with E-state index in [1.54, 1.807) is 19.1 Å². The largest absolute Gasteiger partial charge is 0.335 e. The Kier molecular flexibility index (Phi) is 7.33. The molecule has 2 unspecified atom stereocenters. The van der Waals surface area contributed by atoms with E-state index in [9.17, 15) is 14.0 Å². The maximum absolute atomic E-state index is 13.1. The van der Waals surface area contributed by atoms with Gasteiger partial charge in [-0.2, -0.15) is 0 Å². The molecule has 156 valence electrons. The lowest BCUT2D eigenvalue weighted by Crippen LogP contribution is -2.47. The summed E-state index contributed by atoms with van der Waals surface area (Å²) < 4.78 is 13.1. The highest BCUT2D eigenvalue weighted by Gasteiger charge is 2.25. The van der Waals surface area contributed by atoms with Gasteiger partial charge in [-0.05, 0) is 69.3 Å². The third-order valence-electron chi connectivity index (χ3n) is 5.21. The van der Waals surface area contributed by atoms with E-state index in [0.717, 1.165) is 44.3 Å². The number of rotatable bonds is 7. The lowest BCUT2D eigenvalue weighted by atomic mass is 9.88. The Morgan fingerprint density at radius 3 is 2.72 bits per heavy atom. The Bertz CT molecular complexity index is 847. The lowest BCUT2D eigenvalue weighted by molar-refractivity contribution is 0.102. The van der Waals surface area contributed by atoms with E-state index in [0.29, 0.717) is 21.6 Å². The highest BCUT2D eigenvalue weighted by Crippen LogP contribution is 2.23. The van der Waals surface area contributed by atoms with Crippen LogP contribution in [0.15, 0.2) is 24.3 Å². The van der Waals surface area contributed by atoms with Crippen LogP contribution in [-0.4, -0.2) is 35.9 Å². The van der Waals surface area contributed by atoms with Gasteiger partial charge in [0.15, 0.2) is 10.9 Å². The van der Waals surface area contributed by atoms with Gasteiger partial charge in [0.2, 0.25) is 0 Å². The number of piperidine rings is 1. The molecular formula is C21H27FN4O2S. The number of aromatic nitrogens is 1. The van der Waals surface area contributed by atoms with E-state index < -0.39 is 0 Å². The van der Waals surface area contributed by atoms with E-state index >= 15 is 0 Å². The van der Waals surface area contributed by atoms with Crippen molar-refractivity contribution in [3.8, 4) is 0 Å². The molecule has 1 saturated heterocycles. The minimum atomic E-state index is -0.316. The molecule has 1 aromatic carbocycles. The molecule has 0 saturated carbocycles. The second-order valence-electron chi connectivity index (χ2n) is 7.47. The Morgan fingerprint density at radius 1 is 1.34 bits per heavy atom. The number of anilines is 1. The minimum Gasteiger partial charge on any atom is -0.335 e. The first-order valence-electron chi connectivity index (χ1n) is 9.93. The molecule has 29 heavy (non-hydrogen) atoms. The molecule has 0 bridgehead atoms. The van der Waals surface area contributed by atoms with Crippen LogP contribution in [0.5, 0.6) is 0 Å². The highest BCUT2D eigenvalue weighted by molar-refractivity contribution is 7.17. The summed E-state index contributed by atoms with van der Waals surface area (Å²) in [6.07, 6.45) is 3.65. The number of hydrogen-bond donors (Lipinski definition) is 3. The van der Waals surface area contributed by atoms with Crippen molar-refractivity contribution in [2.75, 3.05) is 18.4 Å². The summed E-state index contributed by atoms with van der Waals surface area (Å²) >= 11 is 1.19. The number of ketones is 1. The van der Waals surface area contributed by atoms with Gasteiger partial charge in [-0.1, -0.05) is 23.5 Å². The van der Waals surface area contributed by atoms with Crippen molar-refractivity contribution in [3.63, 3.8) is 0 Å². The summed E-state index contributed by atoms with van der Waals surface area (Å²) in [5.74, 6) is 0.0302. The first kappa shape index (κ1) is 21.4. The second kappa shape index (κ2) is 9.93. The molecule has 0 aliphatic carbocycles. The molecule has 3 rings (SSSR count). The smallest absolute Gasteiger partial charge is 0.321 e. The molecule has 2 aromatic rings. The molecule has 0 radical (unpaired) electrons. The number of Topliss-reactive ketones (excluding diaryl/α,β-unsaturated/α-hetero) is 1. The zero-order valence-electron chi connectivity index (χ0n) is 16.8. The normalized spacial score (nSPS) is 17.6. The second-order valence-corrected chi connectivity index (χ2v) is 8.47. The van der Waals surface area contributed by atoms with Crippen LogP contribution in [-0.2, 0) is 6.42 Å². The van der Waals surface area contributed by atoms with Gasteiger partial charge in [0.25, 0.3) is 0 Å². The van der Waals surface area contributed by atoms with Crippen LogP contribution in [0.1, 0.15) is 47.1 Å². The number of carbonyl (C=O) groups excluding carboxylic acids is 2. The van der Waals surface area contributed by atoms with E-state index in [1.165, 1.54) is 30.4 Å². The monoisotopic (exact) mass is 418 g/mol. The maximum atomic E-state index is 13.1. The lowest BCUT2D eigenvalue weighted by Gasteiger charge is -2.31. The Hall–Kier alpha value is -2.32. The fraction of sp³-hybridized carbons (Fsp3) is 0.476. The molecule has 1 aliphatic heterocycles. The van der Waals surface area contributed by atoms with Gasteiger partial charge in [-0.15, -0.1) is 0 Å². The third kappa shape index (κ3) is 6.08. The summed E-state index contributed by atoms with van der Waals surface area (Å²) in [5.41, 5.74) is 1.67. The quantitative estimate of drug-likeness (QED) is 0.595. The van der Waals surface area contributed by atoms with Crippen molar-refractivity contribution >= 4 is 28.3 Å². The van der Waals surface area contributed by atoms with Crippen molar-refractivity contribution in [2.24, 2.45) is 5.92 Å². The molecule has 2 heterocycles. The van der Waals surface area contributed by atoms with Crippen LogP contribution in [0.3, 0.4) is 0 Å². The molecule has 6 nitrogen and oxygen atoms in total. The molecule has 1 fully saturated rings. The number of nitrogens with one attached hydrogen (secondary N) is 3. The van der Waals surface area contributed by atoms with Crippen LogP contribution in [0, 0.1) is 18.7 Å².